The fourth-order valence-corrected chi connectivity index (χ4v) is 3.20. The number of hydrogen-bond donors (Lipinski definition) is 0. The van der Waals surface area contributed by atoms with Crippen molar-refractivity contribution in [2.75, 3.05) is 0 Å². The first-order valence-corrected chi connectivity index (χ1v) is 7.79. The lowest BCUT2D eigenvalue weighted by Gasteiger charge is -2.02. The van der Waals surface area contributed by atoms with Crippen LogP contribution < -0.4 is 0 Å². The third-order valence-electron chi connectivity index (χ3n) is 3.57. The van der Waals surface area contributed by atoms with Gasteiger partial charge in [0.1, 0.15) is 5.01 Å². The average Bonchev–Trinajstić information content (AvgIpc) is 3.12. The highest BCUT2D eigenvalue weighted by Gasteiger charge is 2.13. The number of aryl methyl sites for hydroxylation is 1. The highest BCUT2D eigenvalue weighted by atomic mass is 32.1. The second kappa shape index (κ2) is 5.31. The van der Waals surface area contributed by atoms with E-state index in [-0.39, 0.29) is 0 Å². The quantitative estimate of drug-likeness (QED) is 0.583. The van der Waals surface area contributed by atoms with Crippen LogP contribution in [0.4, 0.5) is 0 Å². The van der Waals surface area contributed by atoms with Gasteiger partial charge >= 0.3 is 0 Å². The van der Waals surface area contributed by atoms with Crippen LogP contribution in [0.25, 0.3) is 15.5 Å². The van der Waals surface area contributed by atoms with E-state index in [2.05, 4.69) is 39.3 Å². The van der Waals surface area contributed by atoms with E-state index in [1.807, 2.05) is 35.0 Å². The van der Waals surface area contributed by atoms with Crippen LogP contribution >= 0.6 is 11.3 Å². The summed E-state index contributed by atoms with van der Waals surface area (Å²) in [5, 5.41) is 14.1. The molecular formula is C16H13N5S. The van der Waals surface area contributed by atoms with Gasteiger partial charge in [-0.3, -0.25) is 4.98 Å². The van der Waals surface area contributed by atoms with Gasteiger partial charge in [0.05, 0.1) is 0 Å². The molecule has 0 aliphatic rings. The van der Waals surface area contributed by atoms with Crippen molar-refractivity contribution in [2.45, 2.75) is 13.3 Å². The van der Waals surface area contributed by atoms with Gasteiger partial charge in [0, 0.05) is 24.4 Å². The number of hydrogen-bond acceptors (Lipinski definition) is 5. The topological polar surface area (TPSA) is 56.0 Å². The number of nitrogens with zero attached hydrogens (tertiary/aromatic N) is 5. The van der Waals surface area contributed by atoms with Gasteiger partial charge in [0.15, 0.2) is 5.82 Å². The molecule has 3 aromatic heterocycles. The summed E-state index contributed by atoms with van der Waals surface area (Å²) in [6.45, 7) is 2.11. The predicted molar refractivity (Wildman–Crippen MR) is 85.9 cm³/mol. The zero-order chi connectivity index (χ0) is 14.9. The maximum atomic E-state index is 4.64. The largest absolute Gasteiger partial charge is 0.264 e. The van der Waals surface area contributed by atoms with Crippen LogP contribution in [0.1, 0.15) is 17.0 Å². The molecule has 0 saturated heterocycles. The highest BCUT2D eigenvalue weighted by Crippen LogP contribution is 2.25. The minimum atomic E-state index is 0.726. The van der Waals surface area contributed by atoms with Gasteiger partial charge in [-0.1, -0.05) is 35.6 Å². The molecule has 108 valence electrons. The fourth-order valence-electron chi connectivity index (χ4n) is 2.35. The molecule has 0 bridgehead atoms. The van der Waals surface area contributed by atoms with Gasteiger partial charge in [0.25, 0.3) is 0 Å². The van der Waals surface area contributed by atoms with E-state index in [9.17, 15) is 0 Å². The summed E-state index contributed by atoms with van der Waals surface area (Å²) < 4.78 is 1.83. The van der Waals surface area contributed by atoms with E-state index < -0.39 is 0 Å². The molecule has 4 rings (SSSR count). The van der Waals surface area contributed by atoms with E-state index in [4.69, 9.17) is 0 Å². The Morgan fingerprint density at radius 3 is 2.82 bits per heavy atom. The molecule has 5 nitrogen and oxygen atoms in total. The molecule has 0 fully saturated rings. The summed E-state index contributed by atoms with van der Waals surface area (Å²) in [5.74, 6) is 0.857. The van der Waals surface area contributed by atoms with Crippen molar-refractivity contribution in [3.63, 3.8) is 0 Å². The van der Waals surface area contributed by atoms with Gasteiger partial charge in [-0.2, -0.15) is 9.61 Å². The first kappa shape index (κ1) is 13.1. The molecule has 4 aromatic rings. The second-order valence-electron chi connectivity index (χ2n) is 5.06. The number of pyridine rings is 1. The van der Waals surface area contributed by atoms with E-state index >= 15 is 0 Å². The van der Waals surface area contributed by atoms with Crippen LogP contribution in [0.5, 0.6) is 0 Å². The van der Waals surface area contributed by atoms with Crippen LogP contribution in [0.3, 0.4) is 0 Å². The molecule has 0 atom stereocenters. The third-order valence-corrected chi connectivity index (χ3v) is 4.52. The molecule has 1 aromatic carbocycles. The van der Waals surface area contributed by atoms with Gasteiger partial charge < -0.3 is 0 Å². The summed E-state index contributed by atoms with van der Waals surface area (Å²) in [5.41, 5.74) is 3.49. The first-order valence-electron chi connectivity index (χ1n) is 6.97. The first-order chi connectivity index (χ1) is 10.8. The SMILES string of the molecule is Cc1ccccc1Cc1nnc2sc(-c3cccnc3)nn12. The third kappa shape index (κ3) is 2.27. The van der Waals surface area contributed by atoms with Gasteiger partial charge in [-0.15, -0.1) is 10.2 Å². The van der Waals surface area contributed by atoms with Crippen LogP contribution in [-0.4, -0.2) is 24.8 Å². The number of aromatic nitrogens is 5. The zero-order valence-corrected chi connectivity index (χ0v) is 12.8. The zero-order valence-electron chi connectivity index (χ0n) is 12.0. The Kier molecular flexibility index (Phi) is 3.16. The monoisotopic (exact) mass is 307 g/mol. The Hall–Kier alpha value is -2.60. The average molecular weight is 307 g/mol. The van der Waals surface area contributed by atoms with Crippen LogP contribution in [0, 0.1) is 6.92 Å². The Bertz CT molecular complexity index is 926. The number of benzene rings is 1. The summed E-state index contributed by atoms with van der Waals surface area (Å²) in [4.78, 5) is 4.95. The Morgan fingerprint density at radius 2 is 2.00 bits per heavy atom. The van der Waals surface area contributed by atoms with E-state index in [1.165, 1.54) is 22.5 Å². The maximum Gasteiger partial charge on any atom is 0.234 e. The van der Waals surface area contributed by atoms with Gasteiger partial charge in [-0.25, -0.2) is 0 Å². The molecule has 0 amide bonds. The van der Waals surface area contributed by atoms with Crippen molar-refractivity contribution in [1.29, 1.82) is 0 Å². The molecule has 0 aliphatic carbocycles. The lowest BCUT2D eigenvalue weighted by atomic mass is 10.1. The predicted octanol–water partition coefficient (Wildman–Crippen LogP) is 3.15. The molecule has 0 radical (unpaired) electrons. The Balaban J connectivity index is 1.74. The second-order valence-corrected chi connectivity index (χ2v) is 6.02. The lowest BCUT2D eigenvalue weighted by Crippen LogP contribution is -1.99. The summed E-state index contributed by atoms with van der Waals surface area (Å²) in [6.07, 6.45) is 4.30. The molecule has 0 aliphatic heterocycles. The van der Waals surface area contributed by atoms with E-state index in [0.717, 1.165) is 27.8 Å². The Morgan fingerprint density at radius 1 is 1.09 bits per heavy atom. The standard InChI is InChI=1S/C16H13N5S/c1-11-5-2-3-6-12(11)9-14-18-19-16-21(14)20-15(22-16)13-7-4-8-17-10-13/h2-8,10H,9H2,1H3. The molecule has 3 heterocycles. The van der Waals surface area contributed by atoms with Gasteiger partial charge in [-0.05, 0) is 30.2 Å². The molecule has 0 spiro atoms. The van der Waals surface area contributed by atoms with Crippen molar-refractivity contribution in [1.82, 2.24) is 24.8 Å². The van der Waals surface area contributed by atoms with Crippen molar-refractivity contribution in [2.24, 2.45) is 0 Å². The Labute approximate surface area is 131 Å². The van der Waals surface area contributed by atoms with Crippen molar-refractivity contribution >= 4 is 16.3 Å². The highest BCUT2D eigenvalue weighted by molar-refractivity contribution is 7.19. The number of fused-ring (bicyclic) bond motifs is 1. The summed E-state index contributed by atoms with van der Waals surface area (Å²) >= 11 is 1.52. The van der Waals surface area contributed by atoms with Crippen LogP contribution in [0.2, 0.25) is 0 Å². The summed E-state index contributed by atoms with van der Waals surface area (Å²) in [6, 6.07) is 12.2. The van der Waals surface area contributed by atoms with Crippen molar-refractivity contribution < 1.29 is 0 Å². The molecule has 0 saturated carbocycles. The molecule has 6 heteroatoms. The maximum absolute atomic E-state index is 4.64. The molecule has 0 N–H and O–H groups in total. The lowest BCUT2D eigenvalue weighted by molar-refractivity contribution is 0.851. The molecule has 22 heavy (non-hydrogen) atoms. The van der Waals surface area contributed by atoms with Gasteiger partial charge in [0.2, 0.25) is 4.96 Å². The fraction of sp³-hybridized carbons (Fsp3) is 0.125. The van der Waals surface area contributed by atoms with Crippen molar-refractivity contribution in [3.05, 3.63) is 65.7 Å². The van der Waals surface area contributed by atoms with Crippen LogP contribution in [-0.2, 0) is 6.42 Å². The minimum Gasteiger partial charge on any atom is -0.264 e. The normalized spacial score (nSPS) is 11.1. The molecular weight excluding hydrogens is 294 g/mol. The van der Waals surface area contributed by atoms with Crippen LogP contribution in [0.15, 0.2) is 48.8 Å². The smallest absolute Gasteiger partial charge is 0.234 e. The van der Waals surface area contributed by atoms with E-state index in [0.29, 0.717) is 0 Å². The summed E-state index contributed by atoms with van der Waals surface area (Å²) in [7, 11) is 0. The minimum absolute atomic E-state index is 0.726. The number of rotatable bonds is 3. The molecule has 0 unspecified atom stereocenters. The van der Waals surface area contributed by atoms with Crippen molar-refractivity contribution in [3.8, 4) is 10.6 Å². The van der Waals surface area contributed by atoms with E-state index in [1.54, 1.807) is 6.20 Å².